The number of hydrogen-bond donors (Lipinski definition) is 1. The molecule has 1 aromatic heterocycles. The predicted octanol–water partition coefficient (Wildman–Crippen LogP) is 2.22. The minimum atomic E-state index is 0.645. The third kappa shape index (κ3) is 2.24. The van der Waals surface area contributed by atoms with Gasteiger partial charge < -0.3 is 10.1 Å². The maximum atomic E-state index is 5.94. The molecule has 0 radical (unpaired) electrons. The third-order valence-corrected chi connectivity index (χ3v) is 3.28. The number of nitrogens with zero attached hydrogens (tertiary/aromatic N) is 1. The monoisotopic (exact) mass is 228 g/mol. The SMILES string of the molecule is c1cc(OC[C@@H]2CCNC2)c2ccncc2c1. The molecule has 2 aromatic rings. The molecule has 1 N–H and O–H groups in total. The van der Waals surface area contributed by atoms with E-state index < -0.39 is 0 Å². The summed E-state index contributed by atoms with van der Waals surface area (Å²) in [5.41, 5.74) is 0. The number of ether oxygens (including phenoxy) is 1. The zero-order valence-corrected chi connectivity index (χ0v) is 9.73. The summed E-state index contributed by atoms with van der Waals surface area (Å²) in [6.45, 7) is 2.99. The van der Waals surface area contributed by atoms with E-state index in [9.17, 15) is 0 Å². The Hall–Kier alpha value is -1.61. The number of fused-ring (bicyclic) bond motifs is 1. The van der Waals surface area contributed by atoms with E-state index in [4.69, 9.17) is 4.74 Å². The van der Waals surface area contributed by atoms with E-state index in [0.29, 0.717) is 5.92 Å². The number of benzene rings is 1. The van der Waals surface area contributed by atoms with Crippen LogP contribution in [-0.4, -0.2) is 24.7 Å². The summed E-state index contributed by atoms with van der Waals surface area (Å²) in [5.74, 6) is 1.61. The summed E-state index contributed by atoms with van der Waals surface area (Å²) in [7, 11) is 0. The zero-order valence-electron chi connectivity index (χ0n) is 9.73. The first-order chi connectivity index (χ1) is 8.43. The largest absolute Gasteiger partial charge is 0.493 e. The maximum absolute atomic E-state index is 5.94. The smallest absolute Gasteiger partial charge is 0.127 e. The molecule has 0 saturated carbocycles. The van der Waals surface area contributed by atoms with Crippen LogP contribution >= 0.6 is 0 Å². The van der Waals surface area contributed by atoms with Crippen LogP contribution in [0.5, 0.6) is 5.75 Å². The summed E-state index contributed by atoms with van der Waals surface area (Å²) in [6, 6.07) is 8.13. The predicted molar refractivity (Wildman–Crippen MR) is 68.2 cm³/mol. The minimum absolute atomic E-state index is 0.645. The van der Waals surface area contributed by atoms with Gasteiger partial charge in [-0.25, -0.2) is 0 Å². The molecule has 3 heteroatoms. The lowest BCUT2D eigenvalue weighted by Crippen LogP contribution is -2.15. The minimum Gasteiger partial charge on any atom is -0.493 e. The van der Waals surface area contributed by atoms with Crippen LogP contribution in [0.15, 0.2) is 36.7 Å². The molecule has 1 aliphatic rings. The van der Waals surface area contributed by atoms with Gasteiger partial charge in [-0.1, -0.05) is 12.1 Å². The van der Waals surface area contributed by atoms with Gasteiger partial charge in [-0.05, 0) is 25.1 Å². The lowest BCUT2D eigenvalue weighted by Gasteiger charge is -2.12. The van der Waals surface area contributed by atoms with Crippen molar-refractivity contribution in [2.45, 2.75) is 6.42 Å². The van der Waals surface area contributed by atoms with Crippen molar-refractivity contribution in [1.29, 1.82) is 0 Å². The van der Waals surface area contributed by atoms with E-state index in [-0.39, 0.29) is 0 Å². The van der Waals surface area contributed by atoms with Crippen LogP contribution in [0, 0.1) is 5.92 Å². The van der Waals surface area contributed by atoms with E-state index in [2.05, 4.69) is 16.4 Å². The first-order valence-corrected chi connectivity index (χ1v) is 6.10. The number of hydrogen-bond acceptors (Lipinski definition) is 3. The molecule has 3 rings (SSSR count). The Morgan fingerprint density at radius 2 is 2.35 bits per heavy atom. The molecule has 0 amide bonds. The molecule has 1 atom stereocenters. The van der Waals surface area contributed by atoms with Gasteiger partial charge in [0.1, 0.15) is 5.75 Å². The lowest BCUT2D eigenvalue weighted by atomic mass is 10.1. The fourth-order valence-corrected chi connectivity index (χ4v) is 2.28. The van der Waals surface area contributed by atoms with Gasteiger partial charge in [-0.3, -0.25) is 4.98 Å². The Bertz CT molecular complexity index is 501. The molecule has 17 heavy (non-hydrogen) atoms. The van der Waals surface area contributed by atoms with Crippen LogP contribution in [0.1, 0.15) is 6.42 Å². The molecule has 88 valence electrons. The second-order valence-electron chi connectivity index (χ2n) is 4.52. The standard InChI is InChI=1S/C14H16N2O/c1-2-12-9-16-7-5-13(12)14(3-1)17-10-11-4-6-15-8-11/h1-3,5,7,9,11,15H,4,6,8,10H2/t11-/m1/s1. The lowest BCUT2D eigenvalue weighted by molar-refractivity contribution is 0.263. The molecule has 0 spiro atoms. The number of aromatic nitrogens is 1. The van der Waals surface area contributed by atoms with Crippen LogP contribution in [0.2, 0.25) is 0 Å². The molecule has 1 aromatic carbocycles. The zero-order chi connectivity index (χ0) is 11.5. The van der Waals surface area contributed by atoms with E-state index in [1.54, 1.807) is 0 Å². The molecular weight excluding hydrogens is 212 g/mol. The summed E-state index contributed by atoms with van der Waals surface area (Å²) in [5, 5.41) is 5.64. The van der Waals surface area contributed by atoms with Crippen molar-refractivity contribution < 1.29 is 4.74 Å². The number of rotatable bonds is 3. The molecule has 0 bridgehead atoms. The molecule has 2 heterocycles. The Balaban J connectivity index is 1.79. The second-order valence-corrected chi connectivity index (χ2v) is 4.52. The van der Waals surface area contributed by atoms with Crippen molar-refractivity contribution in [2.75, 3.05) is 19.7 Å². The van der Waals surface area contributed by atoms with Gasteiger partial charge >= 0.3 is 0 Å². The third-order valence-electron chi connectivity index (χ3n) is 3.28. The van der Waals surface area contributed by atoms with Gasteiger partial charge in [0, 0.05) is 35.6 Å². The second kappa shape index (κ2) is 4.72. The van der Waals surface area contributed by atoms with Crippen molar-refractivity contribution >= 4 is 10.8 Å². The summed E-state index contributed by atoms with van der Waals surface area (Å²) >= 11 is 0. The van der Waals surface area contributed by atoms with Gasteiger partial charge in [-0.2, -0.15) is 0 Å². The topological polar surface area (TPSA) is 34.1 Å². The fourth-order valence-electron chi connectivity index (χ4n) is 2.28. The van der Waals surface area contributed by atoms with Gasteiger partial charge in [0.2, 0.25) is 0 Å². The Morgan fingerprint density at radius 1 is 1.35 bits per heavy atom. The van der Waals surface area contributed by atoms with Crippen molar-refractivity contribution in [3.63, 3.8) is 0 Å². The molecule has 0 aliphatic carbocycles. The highest BCUT2D eigenvalue weighted by Crippen LogP contribution is 2.25. The Labute approximate surface area is 101 Å². The summed E-state index contributed by atoms with van der Waals surface area (Å²) in [6.07, 6.45) is 4.90. The normalized spacial score (nSPS) is 19.6. The van der Waals surface area contributed by atoms with Crippen molar-refractivity contribution in [1.82, 2.24) is 10.3 Å². The maximum Gasteiger partial charge on any atom is 0.127 e. The average molecular weight is 228 g/mol. The molecular formula is C14H16N2O. The first-order valence-electron chi connectivity index (χ1n) is 6.10. The van der Waals surface area contributed by atoms with Crippen molar-refractivity contribution in [2.24, 2.45) is 5.92 Å². The molecule has 1 fully saturated rings. The summed E-state index contributed by atoms with van der Waals surface area (Å²) in [4.78, 5) is 4.13. The Kier molecular flexibility index (Phi) is 2.92. The average Bonchev–Trinajstić information content (AvgIpc) is 2.89. The molecule has 3 nitrogen and oxygen atoms in total. The van der Waals surface area contributed by atoms with Crippen molar-refractivity contribution in [3.8, 4) is 5.75 Å². The van der Waals surface area contributed by atoms with E-state index >= 15 is 0 Å². The Morgan fingerprint density at radius 3 is 3.24 bits per heavy atom. The molecule has 1 saturated heterocycles. The molecule has 1 aliphatic heterocycles. The van der Waals surface area contributed by atoms with Crippen LogP contribution < -0.4 is 10.1 Å². The van der Waals surface area contributed by atoms with Gasteiger partial charge in [-0.15, -0.1) is 0 Å². The highest BCUT2D eigenvalue weighted by molar-refractivity contribution is 5.87. The fraction of sp³-hybridized carbons (Fsp3) is 0.357. The van der Waals surface area contributed by atoms with Crippen LogP contribution in [0.25, 0.3) is 10.8 Å². The van der Waals surface area contributed by atoms with E-state index in [0.717, 1.165) is 36.2 Å². The van der Waals surface area contributed by atoms with Crippen LogP contribution in [0.4, 0.5) is 0 Å². The van der Waals surface area contributed by atoms with E-state index in [1.165, 1.54) is 6.42 Å². The van der Waals surface area contributed by atoms with Gasteiger partial charge in [0.15, 0.2) is 0 Å². The quantitative estimate of drug-likeness (QED) is 0.874. The van der Waals surface area contributed by atoms with Gasteiger partial charge in [0.05, 0.1) is 6.61 Å². The highest BCUT2D eigenvalue weighted by atomic mass is 16.5. The molecule has 0 unspecified atom stereocenters. The number of nitrogens with one attached hydrogen (secondary N) is 1. The van der Waals surface area contributed by atoms with Crippen molar-refractivity contribution in [3.05, 3.63) is 36.7 Å². The van der Waals surface area contributed by atoms with Crippen LogP contribution in [0.3, 0.4) is 0 Å². The van der Waals surface area contributed by atoms with Gasteiger partial charge in [0.25, 0.3) is 0 Å². The van der Waals surface area contributed by atoms with E-state index in [1.807, 2.05) is 30.6 Å². The van der Waals surface area contributed by atoms with Crippen LogP contribution in [-0.2, 0) is 0 Å². The number of pyridine rings is 1. The summed E-state index contributed by atoms with van der Waals surface area (Å²) < 4.78 is 5.94. The highest BCUT2D eigenvalue weighted by Gasteiger charge is 2.15. The first kappa shape index (κ1) is 10.5.